The van der Waals surface area contributed by atoms with E-state index < -0.39 is 0 Å². The van der Waals surface area contributed by atoms with E-state index in [0.29, 0.717) is 25.5 Å². The molecule has 0 aromatic carbocycles. The van der Waals surface area contributed by atoms with Crippen LogP contribution < -0.4 is 11.1 Å². The van der Waals surface area contributed by atoms with Crippen LogP contribution in [0.25, 0.3) is 0 Å². The summed E-state index contributed by atoms with van der Waals surface area (Å²) in [7, 11) is 0. The number of rotatable bonds is 8. The van der Waals surface area contributed by atoms with Crippen LogP contribution in [0.3, 0.4) is 0 Å². The molecule has 120 valence electrons. The Morgan fingerprint density at radius 1 is 1.30 bits per heavy atom. The highest BCUT2D eigenvalue weighted by Gasteiger charge is 2.33. The summed E-state index contributed by atoms with van der Waals surface area (Å²) in [4.78, 5) is 11.9. The monoisotopic (exact) mass is 306 g/mol. The van der Waals surface area contributed by atoms with Gasteiger partial charge in [-0.2, -0.15) is 0 Å². The third-order valence-electron chi connectivity index (χ3n) is 3.89. The van der Waals surface area contributed by atoms with Crippen molar-refractivity contribution in [1.82, 2.24) is 5.32 Å². The van der Waals surface area contributed by atoms with Crippen LogP contribution >= 0.6 is 12.4 Å². The third kappa shape index (κ3) is 6.91. The van der Waals surface area contributed by atoms with E-state index in [9.17, 15) is 4.79 Å². The molecule has 4 nitrogen and oxygen atoms in total. The normalized spacial score (nSPS) is 18.6. The molecule has 1 aliphatic carbocycles. The van der Waals surface area contributed by atoms with Gasteiger partial charge in [-0.25, -0.2) is 0 Å². The molecule has 0 spiro atoms. The van der Waals surface area contributed by atoms with Crippen molar-refractivity contribution in [2.24, 2.45) is 11.7 Å². The average molecular weight is 307 g/mol. The van der Waals surface area contributed by atoms with Crippen molar-refractivity contribution in [3.8, 4) is 0 Å². The zero-order valence-corrected chi connectivity index (χ0v) is 13.9. The van der Waals surface area contributed by atoms with Crippen molar-refractivity contribution in [1.29, 1.82) is 0 Å². The zero-order chi connectivity index (χ0) is 14.3. The Bertz CT molecular complexity index is 279. The van der Waals surface area contributed by atoms with Gasteiger partial charge in [0.2, 0.25) is 5.91 Å². The maximum absolute atomic E-state index is 11.9. The number of carbonyl (C=O) groups excluding carboxylic acids is 1. The molecule has 1 unspecified atom stereocenters. The van der Waals surface area contributed by atoms with Crippen LogP contribution in [-0.4, -0.2) is 30.7 Å². The first-order valence-corrected chi connectivity index (χ1v) is 7.60. The first-order valence-electron chi connectivity index (χ1n) is 7.60. The summed E-state index contributed by atoms with van der Waals surface area (Å²) in [6, 6.07) is 0. The topological polar surface area (TPSA) is 64.3 Å². The molecule has 1 saturated carbocycles. The van der Waals surface area contributed by atoms with Gasteiger partial charge in [-0.15, -0.1) is 12.4 Å². The number of hydrogen-bond donors (Lipinski definition) is 2. The second kappa shape index (κ2) is 9.59. The Balaban J connectivity index is 0.00000361. The van der Waals surface area contributed by atoms with Crippen molar-refractivity contribution in [3.63, 3.8) is 0 Å². The highest BCUT2D eigenvalue weighted by Crippen LogP contribution is 2.28. The highest BCUT2D eigenvalue weighted by atomic mass is 35.5. The zero-order valence-electron chi connectivity index (χ0n) is 13.1. The molecular weight excluding hydrogens is 276 g/mol. The van der Waals surface area contributed by atoms with E-state index in [1.807, 2.05) is 0 Å². The van der Waals surface area contributed by atoms with Gasteiger partial charge in [0, 0.05) is 13.0 Å². The molecular formula is C15H31ClN2O2. The fourth-order valence-corrected chi connectivity index (χ4v) is 2.87. The van der Waals surface area contributed by atoms with Gasteiger partial charge in [0.05, 0.1) is 18.2 Å². The van der Waals surface area contributed by atoms with Crippen molar-refractivity contribution >= 4 is 18.3 Å². The molecule has 5 heteroatoms. The van der Waals surface area contributed by atoms with E-state index in [4.69, 9.17) is 10.5 Å². The molecule has 1 fully saturated rings. The molecule has 0 saturated heterocycles. The highest BCUT2D eigenvalue weighted by molar-refractivity contribution is 5.85. The van der Waals surface area contributed by atoms with E-state index in [1.165, 1.54) is 12.8 Å². The van der Waals surface area contributed by atoms with Crippen LogP contribution in [0.5, 0.6) is 0 Å². The summed E-state index contributed by atoms with van der Waals surface area (Å²) in [5, 5.41) is 3.11. The van der Waals surface area contributed by atoms with Crippen LogP contribution in [0.15, 0.2) is 0 Å². The molecule has 0 heterocycles. The molecule has 1 rings (SSSR count). The standard InChI is InChI=1S/C15H30N2O2.ClH/c1-12(2)10-13(3)19-9-6-14(18)17-15(11-16)7-4-5-8-15;/h12-13H,4-11,16H2,1-3H3,(H,17,18);1H. The quantitative estimate of drug-likeness (QED) is 0.724. The lowest BCUT2D eigenvalue weighted by Gasteiger charge is -2.28. The van der Waals surface area contributed by atoms with Gasteiger partial charge >= 0.3 is 0 Å². The van der Waals surface area contributed by atoms with E-state index in [1.54, 1.807) is 0 Å². The van der Waals surface area contributed by atoms with Crippen LogP contribution in [0, 0.1) is 5.92 Å². The molecule has 0 bridgehead atoms. The summed E-state index contributed by atoms with van der Waals surface area (Å²) < 4.78 is 5.66. The second-order valence-corrected chi connectivity index (χ2v) is 6.30. The average Bonchev–Trinajstić information content (AvgIpc) is 2.77. The Hall–Kier alpha value is -0.320. The van der Waals surface area contributed by atoms with Crippen molar-refractivity contribution in [2.45, 2.75) is 70.9 Å². The van der Waals surface area contributed by atoms with Crippen LogP contribution in [0.2, 0.25) is 0 Å². The smallest absolute Gasteiger partial charge is 0.222 e. The molecule has 20 heavy (non-hydrogen) atoms. The van der Waals surface area contributed by atoms with E-state index in [0.717, 1.165) is 19.3 Å². The number of halogens is 1. The molecule has 0 aliphatic heterocycles. The largest absolute Gasteiger partial charge is 0.378 e. The summed E-state index contributed by atoms with van der Waals surface area (Å²) in [5.74, 6) is 0.701. The summed E-state index contributed by atoms with van der Waals surface area (Å²) in [6.45, 7) is 7.47. The first-order chi connectivity index (χ1) is 8.97. The van der Waals surface area contributed by atoms with Crippen molar-refractivity contribution in [2.75, 3.05) is 13.2 Å². The van der Waals surface area contributed by atoms with Gasteiger partial charge in [-0.3, -0.25) is 4.79 Å². The minimum atomic E-state index is -0.138. The predicted molar refractivity (Wildman–Crippen MR) is 85.1 cm³/mol. The fourth-order valence-electron chi connectivity index (χ4n) is 2.87. The van der Waals surface area contributed by atoms with Gasteiger partial charge in [-0.05, 0) is 32.1 Å². The van der Waals surface area contributed by atoms with Crippen LogP contribution in [0.1, 0.15) is 59.3 Å². The maximum Gasteiger partial charge on any atom is 0.222 e. The molecule has 0 aromatic rings. The molecule has 1 atom stereocenters. The predicted octanol–water partition coefficient (Wildman–Crippen LogP) is 2.64. The summed E-state index contributed by atoms with van der Waals surface area (Å²) in [6.07, 6.45) is 6.06. The molecule has 0 aromatic heterocycles. The molecule has 3 N–H and O–H groups in total. The Morgan fingerprint density at radius 3 is 2.40 bits per heavy atom. The summed E-state index contributed by atoms with van der Waals surface area (Å²) >= 11 is 0. The van der Waals surface area contributed by atoms with E-state index in [-0.39, 0.29) is 30.0 Å². The number of carbonyl (C=O) groups is 1. The van der Waals surface area contributed by atoms with Gasteiger partial charge < -0.3 is 15.8 Å². The lowest BCUT2D eigenvalue weighted by Crippen LogP contribution is -2.51. The number of amides is 1. The number of hydrogen-bond acceptors (Lipinski definition) is 3. The minimum Gasteiger partial charge on any atom is -0.378 e. The Kier molecular flexibility index (Phi) is 9.43. The third-order valence-corrected chi connectivity index (χ3v) is 3.89. The van der Waals surface area contributed by atoms with Gasteiger partial charge in [0.15, 0.2) is 0 Å². The van der Waals surface area contributed by atoms with Gasteiger partial charge in [0.25, 0.3) is 0 Å². The first kappa shape index (κ1) is 19.7. The van der Waals surface area contributed by atoms with Gasteiger partial charge in [0.1, 0.15) is 0 Å². The van der Waals surface area contributed by atoms with Crippen LogP contribution in [-0.2, 0) is 9.53 Å². The van der Waals surface area contributed by atoms with Crippen molar-refractivity contribution < 1.29 is 9.53 Å². The Morgan fingerprint density at radius 2 is 1.90 bits per heavy atom. The maximum atomic E-state index is 11.9. The second-order valence-electron chi connectivity index (χ2n) is 6.30. The van der Waals surface area contributed by atoms with E-state index >= 15 is 0 Å². The van der Waals surface area contributed by atoms with Crippen LogP contribution in [0.4, 0.5) is 0 Å². The summed E-state index contributed by atoms with van der Waals surface area (Å²) in [5.41, 5.74) is 5.66. The molecule has 1 amide bonds. The molecule has 1 aliphatic rings. The Labute approximate surface area is 129 Å². The lowest BCUT2D eigenvalue weighted by atomic mass is 9.97. The number of nitrogens with one attached hydrogen (secondary N) is 1. The van der Waals surface area contributed by atoms with Gasteiger partial charge in [-0.1, -0.05) is 26.7 Å². The molecule has 0 radical (unpaired) electrons. The van der Waals surface area contributed by atoms with Crippen molar-refractivity contribution in [3.05, 3.63) is 0 Å². The van der Waals surface area contributed by atoms with E-state index in [2.05, 4.69) is 26.1 Å². The fraction of sp³-hybridized carbons (Fsp3) is 0.933. The minimum absolute atomic E-state index is 0. The number of nitrogens with two attached hydrogens (primary N) is 1. The SMILES string of the molecule is CC(C)CC(C)OCCC(=O)NC1(CN)CCCC1.Cl. The number of ether oxygens (including phenoxy) is 1. The lowest BCUT2D eigenvalue weighted by molar-refractivity contribution is -0.124.